The third kappa shape index (κ3) is 1.93. The topological polar surface area (TPSA) is 65.6 Å². The average molecular weight is 338 g/mol. The Morgan fingerprint density at radius 1 is 0.875 bits per heavy atom. The van der Waals surface area contributed by atoms with E-state index in [0.717, 1.165) is 0 Å². The van der Waals surface area contributed by atoms with Crippen molar-refractivity contribution >= 4 is 12.1 Å². The molecule has 0 aromatic heterocycles. The lowest BCUT2D eigenvalue weighted by Crippen LogP contribution is -2.70. The lowest BCUT2D eigenvalue weighted by Gasteiger charge is -2.46. The molecule has 0 N–H and O–H groups in total. The highest BCUT2D eigenvalue weighted by Gasteiger charge is 2.80. The van der Waals surface area contributed by atoms with Crippen LogP contribution in [0, 0.1) is 0 Å². The molecule has 24 heavy (non-hydrogen) atoms. The summed E-state index contributed by atoms with van der Waals surface area (Å²) in [5.74, 6) is -2.81. The van der Waals surface area contributed by atoms with Gasteiger partial charge in [0, 0.05) is 27.2 Å². The maximum atomic E-state index is 12.9. The van der Waals surface area contributed by atoms with Gasteiger partial charge in [-0.15, -0.1) is 13.2 Å². The van der Waals surface area contributed by atoms with E-state index in [4.69, 9.17) is 9.47 Å². The Morgan fingerprint density at radius 3 is 1.58 bits per heavy atom. The summed E-state index contributed by atoms with van der Waals surface area (Å²) in [6, 6.07) is -0.549. The molecule has 2 aliphatic heterocycles. The van der Waals surface area contributed by atoms with E-state index < -0.39 is 11.7 Å². The molecule has 0 aliphatic carbocycles. The first-order chi connectivity index (χ1) is 11.4. The lowest BCUT2D eigenvalue weighted by atomic mass is 10.2. The number of hydrogen-bond acceptors (Lipinski definition) is 4. The molecule has 2 saturated heterocycles. The van der Waals surface area contributed by atoms with Gasteiger partial charge in [-0.05, 0) is 13.8 Å². The first kappa shape index (κ1) is 18.3. The number of urea groups is 2. The molecule has 0 aromatic carbocycles. The minimum Gasteiger partial charge on any atom is -0.328 e. The maximum absolute atomic E-state index is 12.9. The van der Waals surface area contributed by atoms with E-state index in [1.807, 2.05) is 13.8 Å². The van der Waals surface area contributed by atoms with Gasteiger partial charge in [-0.2, -0.15) is 0 Å². The number of ether oxygens (including phenoxy) is 2. The molecule has 0 radical (unpaired) electrons. The zero-order chi connectivity index (χ0) is 18.1. The van der Waals surface area contributed by atoms with Gasteiger partial charge in [0.1, 0.15) is 0 Å². The Hall–Kier alpha value is -2.06. The molecule has 0 unspecified atom stereocenters. The SMILES string of the molecule is C=CCO[C@]12N(C)C(=O)N(CC)[C@@]1(OCC=C)N(CC)C(=O)N2C. The normalized spacial score (nSPS) is 29.5. The fraction of sp³-hybridized carbons (Fsp3) is 0.625. The summed E-state index contributed by atoms with van der Waals surface area (Å²) in [6.07, 6.45) is 3.16. The number of amides is 4. The van der Waals surface area contributed by atoms with Crippen molar-refractivity contribution in [3.05, 3.63) is 25.3 Å². The summed E-state index contributed by atoms with van der Waals surface area (Å²) in [5.41, 5.74) is 0. The molecule has 4 amide bonds. The summed E-state index contributed by atoms with van der Waals surface area (Å²) in [5, 5.41) is 0. The summed E-state index contributed by atoms with van der Waals surface area (Å²) < 4.78 is 12.1. The van der Waals surface area contributed by atoms with Crippen molar-refractivity contribution in [1.29, 1.82) is 0 Å². The summed E-state index contributed by atoms with van der Waals surface area (Å²) >= 11 is 0. The fourth-order valence-corrected chi connectivity index (χ4v) is 3.63. The van der Waals surface area contributed by atoms with E-state index in [0.29, 0.717) is 13.1 Å². The van der Waals surface area contributed by atoms with E-state index >= 15 is 0 Å². The standard InChI is InChI=1S/C16H26N4O4/c1-7-11-23-15-16(24-12-8-2,19(9-3)13(21)17(15)5)20(10-4)14(22)18(15)6/h7-8H,1-2,9-12H2,3-6H3/t15-,16+. The zero-order valence-electron chi connectivity index (χ0n) is 14.8. The van der Waals surface area contributed by atoms with Gasteiger partial charge in [-0.1, -0.05) is 12.2 Å². The van der Waals surface area contributed by atoms with E-state index in [-0.39, 0.29) is 25.3 Å². The van der Waals surface area contributed by atoms with Crippen LogP contribution in [0.15, 0.2) is 25.3 Å². The molecule has 0 atom stereocenters. The first-order valence-electron chi connectivity index (χ1n) is 8.01. The van der Waals surface area contributed by atoms with Crippen molar-refractivity contribution in [2.45, 2.75) is 25.5 Å². The monoisotopic (exact) mass is 338 g/mol. The summed E-state index contributed by atoms with van der Waals surface area (Å²) in [4.78, 5) is 31.6. The Bertz CT molecular complexity index is 520. The van der Waals surface area contributed by atoms with Crippen LogP contribution in [0.4, 0.5) is 9.59 Å². The molecule has 2 fully saturated rings. The molecule has 0 bridgehead atoms. The van der Waals surface area contributed by atoms with Crippen molar-refractivity contribution in [2.75, 3.05) is 40.4 Å². The van der Waals surface area contributed by atoms with E-state index in [1.54, 1.807) is 26.2 Å². The highest BCUT2D eigenvalue weighted by molar-refractivity contribution is 5.87. The Labute approximate surface area is 142 Å². The van der Waals surface area contributed by atoms with Gasteiger partial charge in [0.25, 0.3) is 0 Å². The highest BCUT2D eigenvalue weighted by atomic mass is 16.6. The van der Waals surface area contributed by atoms with Crippen LogP contribution in [0.5, 0.6) is 0 Å². The van der Waals surface area contributed by atoms with Gasteiger partial charge in [0.05, 0.1) is 13.2 Å². The van der Waals surface area contributed by atoms with Crippen molar-refractivity contribution in [3.63, 3.8) is 0 Å². The number of hydrogen-bond donors (Lipinski definition) is 0. The Balaban J connectivity index is 2.73. The Kier molecular flexibility index (Phi) is 4.91. The summed E-state index contributed by atoms with van der Waals surface area (Å²) in [7, 11) is 3.21. The van der Waals surface area contributed by atoms with Gasteiger partial charge < -0.3 is 9.47 Å². The van der Waals surface area contributed by atoms with Crippen LogP contribution in [-0.2, 0) is 9.47 Å². The van der Waals surface area contributed by atoms with Crippen LogP contribution in [-0.4, -0.2) is 83.8 Å². The van der Waals surface area contributed by atoms with Crippen LogP contribution in [0.25, 0.3) is 0 Å². The average Bonchev–Trinajstić information content (AvgIpc) is 2.87. The largest absolute Gasteiger partial charge is 0.328 e. The number of carbonyl (C=O) groups is 2. The molecular formula is C16H26N4O4. The van der Waals surface area contributed by atoms with Gasteiger partial charge in [-0.3, -0.25) is 19.6 Å². The second kappa shape index (κ2) is 6.45. The summed E-state index contributed by atoms with van der Waals surface area (Å²) in [6.45, 7) is 12.1. The molecule has 0 saturated carbocycles. The molecular weight excluding hydrogens is 312 g/mol. The number of likely N-dealkylation sites (N-methyl/N-ethyl adjacent to an activating group) is 4. The van der Waals surface area contributed by atoms with Crippen LogP contribution in [0.3, 0.4) is 0 Å². The fourth-order valence-electron chi connectivity index (χ4n) is 3.63. The van der Waals surface area contributed by atoms with Crippen molar-refractivity contribution in [2.24, 2.45) is 0 Å². The van der Waals surface area contributed by atoms with Gasteiger partial charge in [0.15, 0.2) is 0 Å². The molecule has 8 nitrogen and oxygen atoms in total. The van der Waals surface area contributed by atoms with Crippen LogP contribution < -0.4 is 0 Å². The maximum Gasteiger partial charge on any atom is 0.327 e. The van der Waals surface area contributed by atoms with E-state index in [9.17, 15) is 9.59 Å². The predicted molar refractivity (Wildman–Crippen MR) is 88.8 cm³/mol. The van der Waals surface area contributed by atoms with E-state index in [2.05, 4.69) is 13.2 Å². The van der Waals surface area contributed by atoms with Gasteiger partial charge in [-0.25, -0.2) is 9.59 Å². The van der Waals surface area contributed by atoms with Crippen LogP contribution in [0.1, 0.15) is 13.8 Å². The minimum absolute atomic E-state index is 0.156. The highest BCUT2D eigenvalue weighted by Crippen LogP contribution is 2.51. The zero-order valence-corrected chi connectivity index (χ0v) is 14.8. The smallest absolute Gasteiger partial charge is 0.327 e. The quantitative estimate of drug-likeness (QED) is 0.629. The Morgan fingerprint density at radius 2 is 1.25 bits per heavy atom. The molecule has 0 aromatic rings. The molecule has 134 valence electrons. The number of nitrogens with zero attached hydrogens (tertiary/aromatic N) is 4. The predicted octanol–water partition coefficient (Wildman–Crippen LogP) is 1.47. The third-order valence-corrected chi connectivity index (χ3v) is 4.54. The van der Waals surface area contributed by atoms with Gasteiger partial charge in [0.2, 0.25) is 0 Å². The molecule has 0 spiro atoms. The number of carbonyl (C=O) groups excluding carboxylic acids is 2. The van der Waals surface area contributed by atoms with Crippen molar-refractivity contribution in [3.8, 4) is 0 Å². The number of fused-ring (bicyclic) bond motifs is 1. The van der Waals surface area contributed by atoms with Gasteiger partial charge >= 0.3 is 23.8 Å². The second-order valence-corrected chi connectivity index (χ2v) is 5.59. The lowest BCUT2D eigenvalue weighted by molar-refractivity contribution is -0.321. The van der Waals surface area contributed by atoms with Crippen molar-refractivity contribution < 1.29 is 19.1 Å². The number of rotatable bonds is 8. The second-order valence-electron chi connectivity index (χ2n) is 5.59. The van der Waals surface area contributed by atoms with Crippen LogP contribution >= 0.6 is 0 Å². The molecule has 2 aliphatic rings. The minimum atomic E-state index is -1.41. The molecule has 2 heterocycles. The molecule has 8 heteroatoms. The van der Waals surface area contributed by atoms with E-state index in [1.165, 1.54) is 19.6 Å². The van der Waals surface area contributed by atoms with Crippen LogP contribution in [0.2, 0.25) is 0 Å². The van der Waals surface area contributed by atoms with Crippen molar-refractivity contribution in [1.82, 2.24) is 19.6 Å². The molecule has 2 rings (SSSR count). The first-order valence-corrected chi connectivity index (χ1v) is 8.01. The third-order valence-electron chi connectivity index (χ3n) is 4.54.